The van der Waals surface area contributed by atoms with Crippen molar-refractivity contribution in [1.29, 1.82) is 0 Å². The predicted molar refractivity (Wildman–Crippen MR) is 85.9 cm³/mol. The zero-order valence-electron chi connectivity index (χ0n) is 12.4. The maximum Gasteiger partial charge on any atom is 0.254 e. The highest BCUT2D eigenvalue weighted by Gasteiger charge is 1.94. The van der Waals surface area contributed by atoms with Crippen LogP contribution in [0.1, 0.15) is 50.2 Å². The molecule has 0 aliphatic rings. The number of hydrogen-bond acceptors (Lipinski definition) is 1. The Morgan fingerprint density at radius 3 is 2.40 bits per heavy atom. The summed E-state index contributed by atoms with van der Waals surface area (Å²) in [6.45, 7) is 2.24. The van der Waals surface area contributed by atoms with Crippen LogP contribution < -0.4 is 0 Å². The zero-order chi connectivity index (χ0) is 14.5. The van der Waals surface area contributed by atoms with Crippen LogP contribution in [0.3, 0.4) is 0 Å². The fraction of sp³-hybridized carbons (Fsp3) is 0.389. The van der Waals surface area contributed by atoms with Gasteiger partial charge in [-0.05, 0) is 25.0 Å². The Morgan fingerprint density at radius 2 is 1.65 bits per heavy atom. The van der Waals surface area contributed by atoms with Gasteiger partial charge < -0.3 is 0 Å². The van der Waals surface area contributed by atoms with Crippen LogP contribution in [0.25, 0.3) is 0 Å². The molecule has 2 nitrogen and oxygen atoms in total. The van der Waals surface area contributed by atoms with Gasteiger partial charge in [-0.2, -0.15) is 0 Å². The molecule has 1 heterocycles. The van der Waals surface area contributed by atoms with Crippen molar-refractivity contribution in [3.8, 4) is 0 Å². The molecule has 0 atom stereocenters. The lowest BCUT2D eigenvalue weighted by atomic mass is 10.1. The van der Waals surface area contributed by atoms with Gasteiger partial charge in [-0.1, -0.05) is 63.0 Å². The first-order valence-corrected chi connectivity index (χ1v) is 7.51. The number of hydrogen-bond donors (Lipinski definition) is 0. The highest BCUT2D eigenvalue weighted by atomic mass is 16.1. The van der Waals surface area contributed by atoms with Crippen LogP contribution in [0.4, 0.5) is 0 Å². The van der Waals surface area contributed by atoms with Gasteiger partial charge in [0, 0.05) is 18.5 Å². The summed E-state index contributed by atoms with van der Waals surface area (Å²) in [4.78, 5) is 11.6. The molecular formula is C18H25NO. The van der Waals surface area contributed by atoms with Gasteiger partial charge in [0.2, 0.25) is 0 Å². The summed E-state index contributed by atoms with van der Waals surface area (Å²) < 4.78 is 1.55. The van der Waals surface area contributed by atoms with Gasteiger partial charge in [0.25, 0.3) is 5.91 Å². The number of aromatic nitrogens is 1. The molecule has 1 rings (SSSR count). The average Bonchev–Trinajstić information content (AvgIpc) is 2.99. The van der Waals surface area contributed by atoms with Crippen LogP contribution in [-0.2, 0) is 0 Å². The Labute approximate surface area is 122 Å². The fourth-order valence-corrected chi connectivity index (χ4v) is 1.87. The third kappa shape index (κ3) is 7.57. The van der Waals surface area contributed by atoms with Gasteiger partial charge in [-0.3, -0.25) is 9.36 Å². The predicted octanol–water partition coefficient (Wildman–Crippen LogP) is 5.16. The molecule has 0 spiro atoms. The van der Waals surface area contributed by atoms with E-state index in [9.17, 15) is 4.79 Å². The Kier molecular flexibility index (Phi) is 8.95. The molecule has 0 aliphatic carbocycles. The number of carbonyl (C=O) groups is 1. The minimum Gasteiger partial charge on any atom is -0.291 e. The number of carbonyl (C=O) groups excluding carboxylic acids is 1. The van der Waals surface area contributed by atoms with E-state index in [0.29, 0.717) is 0 Å². The van der Waals surface area contributed by atoms with Gasteiger partial charge in [0.15, 0.2) is 0 Å². The van der Waals surface area contributed by atoms with Crippen molar-refractivity contribution in [2.75, 3.05) is 0 Å². The molecule has 0 fully saturated rings. The monoisotopic (exact) mass is 271 g/mol. The molecular weight excluding hydrogens is 246 g/mol. The largest absolute Gasteiger partial charge is 0.291 e. The molecule has 0 unspecified atom stereocenters. The molecule has 0 saturated carbocycles. The van der Waals surface area contributed by atoms with Crippen molar-refractivity contribution in [3.63, 3.8) is 0 Å². The quantitative estimate of drug-likeness (QED) is 0.345. The molecule has 0 aliphatic heterocycles. The summed E-state index contributed by atoms with van der Waals surface area (Å²) in [5.74, 6) is -0.0282. The summed E-state index contributed by atoms with van der Waals surface area (Å²) in [6.07, 6.45) is 22.6. The van der Waals surface area contributed by atoms with Gasteiger partial charge >= 0.3 is 0 Å². The van der Waals surface area contributed by atoms with E-state index in [0.717, 1.165) is 6.42 Å². The molecule has 1 aromatic rings. The SMILES string of the molecule is CCCCCCC/C=C/C=C/C=C/C(=O)n1cccc1. The molecule has 0 N–H and O–H groups in total. The molecule has 20 heavy (non-hydrogen) atoms. The molecule has 0 bridgehead atoms. The highest BCUT2D eigenvalue weighted by Crippen LogP contribution is 2.05. The van der Waals surface area contributed by atoms with Crippen LogP contribution in [0, 0.1) is 0 Å². The lowest BCUT2D eigenvalue weighted by Crippen LogP contribution is -2.02. The highest BCUT2D eigenvalue weighted by molar-refractivity contribution is 5.90. The summed E-state index contributed by atoms with van der Waals surface area (Å²) >= 11 is 0. The van der Waals surface area contributed by atoms with Crippen LogP contribution in [-0.4, -0.2) is 10.5 Å². The molecule has 0 saturated heterocycles. The first-order valence-electron chi connectivity index (χ1n) is 7.51. The van der Waals surface area contributed by atoms with Crippen molar-refractivity contribution in [3.05, 3.63) is 61.0 Å². The maximum atomic E-state index is 11.6. The van der Waals surface area contributed by atoms with E-state index in [-0.39, 0.29) is 5.91 Å². The Hall–Kier alpha value is -1.83. The van der Waals surface area contributed by atoms with Gasteiger partial charge in [-0.25, -0.2) is 0 Å². The van der Waals surface area contributed by atoms with Gasteiger partial charge in [-0.15, -0.1) is 0 Å². The van der Waals surface area contributed by atoms with E-state index in [2.05, 4.69) is 13.0 Å². The van der Waals surface area contributed by atoms with Crippen molar-refractivity contribution in [1.82, 2.24) is 4.57 Å². The van der Waals surface area contributed by atoms with E-state index < -0.39 is 0 Å². The molecule has 2 heteroatoms. The topological polar surface area (TPSA) is 22.0 Å². The van der Waals surface area contributed by atoms with Crippen molar-refractivity contribution in [2.45, 2.75) is 45.4 Å². The number of rotatable bonds is 9. The lowest BCUT2D eigenvalue weighted by molar-refractivity contribution is 0.0969. The number of nitrogens with zero attached hydrogens (tertiary/aromatic N) is 1. The minimum atomic E-state index is -0.0282. The zero-order valence-corrected chi connectivity index (χ0v) is 12.4. The lowest BCUT2D eigenvalue weighted by Gasteiger charge is -1.95. The van der Waals surface area contributed by atoms with Gasteiger partial charge in [0.1, 0.15) is 0 Å². The van der Waals surface area contributed by atoms with E-state index in [1.54, 1.807) is 29.1 Å². The second kappa shape index (κ2) is 11.0. The van der Waals surface area contributed by atoms with Crippen molar-refractivity contribution in [2.24, 2.45) is 0 Å². The normalized spacial score (nSPS) is 12.1. The summed E-state index contributed by atoms with van der Waals surface area (Å²) in [7, 11) is 0. The van der Waals surface area contributed by atoms with E-state index in [4.69, 9.17) is 0 Å². The molecule has 108 valence electrons. The molecule has 0 radical (unpaired) electrons. The van der Waals surface area contributed by atoms with Crippen molar-refractivity contribution >= 4 is 5.91 Å². The third-order valence-electron chi connectivity index (χ3n) is 3.04. The van der Waals surface area contributed by atoms with E-state index in [1.807, 2.05) is 30.4 Å². The summed E-state index contributed by atoms with van der Waals surface area (Å²) in [5, 5.41) is 0. The maximum absolute atomic E-state index is 11.6. The number of allylic oxidation sites excluding steroid dienone is 6. The summed E-state index contributed by atoms with van der Waals surface area (Å²) in [6, 6.07) is 3.68. The average molecular weight is 271 g/mol. The van der Waals surface area contributed by atoms with E-state index >= 15 is 0 Å². The van der Waals surface area contributed by atoms with Crippen molar-refractivity contribution < 1.29 is 4.79 Å². The standard InChI is InChI=1S/C18H25NO/c1-2-3-4-5-6-7-8-9-10-11-12-15-18(20)19-16-13-14-17-19/h8-17H,2-7H2,1H3/b9-8+,11-10+,15-12+. The third-order valence-corrected chi connectivity index (χ3v) is 3.04. The van der Waals surface area contributed by atoms with Crippen LogP contribution in [0.2, 0.25) is 0 Å². The summed E-state index contributed by atoms with van der Waals surface area (Å²) in [5.41, 5.74) is 0. The molecule has 1 aromatic heterocycles. The Morgan fingerprint density at radius 1 is 0.950 bits per heavy atom. The van der Waals surface area contributed by atoms with Crippen LogP contribution in [0.5, 0.6) is 0 Å². The Balaban J connectivity index is 2.10. The second-order valence-electron chi connectivity index (χ2n) is 4.80. The Bertz CT molecular complexity index is 438. The molecule has 0 aromatic carbocycles. The smallest absolute Gasteiger partial charge is 0.254 e. The number of unbranched alkanes of at least 4 members (excludes halogenated alkanes) is 5. The second-order valence-corrected chi connectivity index (χ2v) is 4.80. The van der Waals surface area contributed by atoms with Gasteiger partial charge in [0.05, 0.1) is 0 Å². The first kappa shape index (κ1) is 16.2. The minimum absolute atomic E-state index is 0.0282. The van der Waals surface area contributed by atoms with Crippen LogP contribution in [0.15, 0.2) is 61.0 Å². The van der Waals surface area contributed by atoms with Crippen LogP contribution >= 0.6 is 0 Å². The first-order chi connectivity index (χ1) is 9.84. The van der Waals surface area contributed by atoms with E-state index in [1.165, 1.54) is 32.1 Å². The molecule has 0 amide bonds. The fourth-order valence-electron chi connectivity index (χ4n) is 1.87.